The molecule has 0 amide bonds. The molecule has 1 saturated heterocycles. The topological polar surface area (TPSA) is 90.0 Å². The summed E-state index contributed by atoms with van der Waals surface area (Å²) in [5.41, 5.74) is 13.3. The number of benzene rings is 1. The van der Waals surface area contributed by atoms with E-state index < -0.39 is 0 Å². The third-order valence-electron chi connectivity index (χ3n) is 7.38. The third-order valence-corrected chi connectivity index (χ3v) is 7.38. The molecule has 2 aliphatic rings. The summed E-state index contributed by atoms with van der Waals surface area (Å²) in [5.74, 6) is 0.793. The molecule has 40 heavy (non-hydrogen) atoms. The van der Waals surface area contributed by atoms with Gasteiger partial charge in [0.05, 0.1) is 37.2 Å². The van der Waals surface area contributed by atoms with E-state index in [9.17, 15) is 0 Å². The molecular weight excluding hydrogens is 496 g/mol. The highest BCUT2D eigenvalue weighted by molar-refractivity contribution is 6.01. The minimum absolute atomic E-state index is 0.129. The van der Waals surface area contributed by atoms with Crippen molar-refractivity contribution in [1.82, 2.24) is 15.1 Å². The molecule has 3 rings (SSSR count). The molecule has 2 aliphatic heterocycles. The molecule has 0 radical (unpaired) electrons. The average molecular weight is 545 g/mol. The minimum atomic E-state index is 0.129. The summed E-state index contributed by atoms with van der Waals surface area (Å²) in [6.45, 7) is 19.7. The van der Waals surface area contributed by atoms with Crippen LogP contribution in [0.25, 0.3) is 0 Å². The SMILES string of the molecule is C=C1C(=NCCN2CCOCC2)NC(\C=C/C(=C/CCC)C(/C(C)=N)=C(\C)N)=C(C)N1C(CC)c1ccccc1. The van der Waals surface area contributed by atoms with Crippen molar-refractivity contribution < 1.29 is 4.74 Å². The average Bonchev–Trinajstić information content (AvgIpc) is 2.94. The molecule has 0 aliphatic carbocycles. The van der Waals surface area contributed by atoms with Gasteiger partial charge in [0, 0.05) is 42.3 Å². The summed E-state index contributed by atoms with van der Waals surface area (Å²) in [4.78, 5) is 9.72. The molecule has 0 aromatic heterocycles. The van der Waals surface area contributed by atoms with Gasteiger partial charge in [0.2, 0.25) is 0 Å². The number of unbranched alkanes of at least 4 members (excludes halogenated alkanes) is 1. The fraction of sp³-hybridized carbons (Fsp3) is 0.455. The van der Waals surface area contributed by atoms with Gasteiger partial charge in [-0.1, -0.05) is 69.3 Å². The number of aliphatic imine (C=N–C) groups is 1. The lowest BCUT2D eigenvalue weighted by atomic mass is 9.97. The van der Waals surface area contributed by atoms with Crippen LogP contribution in [0.3, 0.4) is 0 Å². The van der Waals surface area contributed by atoms with Gasteiger partial charge in [-0.2, -0.15) is 0 Å². The summed E-state index contributed by atoms with van der Waals surface area (Å²) in [5, 5.41) is 11.9. The first-order chi connectivity index (χ1) is 19.3. The zero-order valence-electron chi connectivity index (χ0n) is 25.1. The van der Waals surface area contributed by atoms with Crippen LogP contribution in [0.4, 0.5) is 0 Å². The minimum Gasteiger partial charge on any atom is -0.402 e. The number of hydrogen-bond acceptors (Lipinski definition) is 6. The maximum absolute atomic E-state index is 8.35. The van der Waals surface area contributed by atoms with Crippen LogP contribution in [0.1, 0.15) is 65.5 Å². The Kier molecular flexibility index (Phi) is 12.0. The second-order valence-corrected chi connectivity index (χ2v) is 10.4. The zero-order valence-corrected chi connectivity index (χ0v) is 25.1. The highest BCUT2D eigenvalue weighted by Gasteiger charge is 2.30. The summed E-state index contributed by atoms with van der Waals surface area (Å²) in [6, 6.07) is 10.7. The van der Waals surface area contributed by atoms with Gasteiger partial charge in [0.1, 0.15) is 5.84 Å². The number of ether oxygens (including phenoxy) is 1. The van der Waals surface area contributed by atoms with E-state index in [0.717, 1.165) is 86.2 Å². The van der Waals surface area contributed by atoms with E-state index in [4.69, 9.17) is 20.9 Å². The summed E-state index contributed by atoms with van der Waals surface area (Å²) < 4.78 is 5.50. The van der Waals surface area contributed by atoms with Crippen LogP contribution >= 0.6 is 0 Å². The molecule has 0 bridgehead atoms. The monoisotopic (exact) mass is 544 g/mol. The van der Waals surface area contributed by atoms with Crippen LogP contribution in [-0.2, 0) is 4.74 Å². The number of nitrogens with two attached hydrogens (primary N) is 1. The van der Waals surface area contributed by atoms with E-state index in [2.05, 4.69) is 91.0 Å². The van der Waals surface area contributed by atoms with Crippen molar-refractivity contribution in [1.29, 1.82) is 5.41 Å². The fourth-order valence-electron chi connectivity index (χ4n) is 5.29. The number of morpholine rings is 1. The second kappa shape index (κ2) is 15.4. The lowest BCUT2D eigenvalue weighted by molar-refractivity contribution is 0.0394. The van der Waals surface area contributed by atoms with Gasteiger partial charge in [-0.25, -0.2) is 0 Å². The number of amidine groups is 1. The van der Waals surface area contributed by atoms with Gasteiger partial charge in [-0.3, -0.25) is 9.89 Å². The zero-order chi connectivity index (χ0) is 29.1. The van der Waals surface area contributed by atoms with Crippen molar-refractivity contribution in [3.05, 3.63) is 94.6 Å². The fourth-order valence-corrected chi connectivity index (χ4v) is 5.29. The van der Waals surface area contributed by atoms with Gasteiger partial charge in [0.15, 0.2) is 0 Å². The van der Waals surface area contributed by atoms with Crippen LogP contribution in [0.2, 0.25) is 0 Å². The molecule has 1 atom stereocenters. The smallest absolute Gasteiger partial charge is 0.149 e. The number of nitrogens with one attached hydrogen (secondary N) is 2. The molecule has 4 N–H and O–H groups in total. The van der Waals surface area contributed by atoms with E-state index in [1.54, 1.807) is 6.92 Å². The first kappa shape index (κ1) is 31.1. The van der Waals surface area contributed by atoms with E-state index in [-0.39, 0.29) is 6.04 Å². The maximum atomic E-state index is 8.35. The van der Waals surface area contributed by atoms with Crippen LogP contribution in [-0.4, -0.2) is 60.7 Å². The van der Waals surface area contributed by atoms with Crippen molar-refractivity contribution in [3.8, 4) is 0 Å². The molecule has 1 fully saturated rings. The molecular formula is C33H48N6O. The Hall–Kier alpha value is -3.42. The van der Waals surface area contributed by atoms with Crippen LogP contribution < -0.4 is 11.1 Å². The third kappa shape index (κ3) is 8.05. The molecule has 1 aromatic carbocycles. The van der Waals surface area contributed by atoms with E-state index >= 15 is 0 Å². The Labute approximate surface area is 241 Å². The lowest BCUT2D eigenvalue weighted by Crippen LogP contribution is -2.42. The number of nitrogens with zero attached hydrogens (tertiary/aromatic N) is 3. The standard InChI is InChI=1S/C33H48N6O/c1-7-9-13-29(32(24(3)34)25(4)35)16-17-30-26(5)39(31(8-2)28-14-11-10-12-15-28)27(6)33(37-30)36-18-19-38-20-22-40-23-21-38/h10-17,31,34H,6-9,18-23,35H2,1-5H3,(H,36,37)/b17-16-,29-13-,32-25+,34-24?. The van der Waals surface area contributed by atoms with Crippen LogP contribution in [0.15, 0.2) is 94.1 Å². The highest BCUT2D eigenvalue weighted by Crippen LogP contribution is 2.35. The maximum Gasteiger partial charge on any atom is 0.149 e. The molecule has 0 saturated carbocycles. The van der Waals surface area contributed by atoms with Gasteiger partial charge >= 0.3 is 0 Å². The summed E-state index contributed by atoms with van der Waals surface area (Å²) in [7, 11) is 0. The van der Waals surface area contributed by atoms with E-state index in [1.165, 1.54) is 5.56 Å². The number of rotatable bonds is 12. The lowest BCUT2D eigenvalue weighted by Gasteiger charge is -2.40. The van der Waals surface area contributed by atoms with Gasteiger partial charge in [0.25, 0.3) is 0 Å². The normalized spacial score (nSPS) is 19.7. The van der Waals surface area contributed by atoms with Gasteiger partial charge < -0.3 is 26.1 Å². The van der Waals surface area contributed by atoms with Crippen LogP contribution in [0, 0.1) is 5.41 Å². The predicted octanol–water partition coefficient (Wildman–Crippen LogP) is 6.07. The van der Waals surface area contributed by atoms with Crippen molar-refractivity contribution in [2.24, 2.45) is 10.7 Å². The molecule has 1 unspecified atom stereocenters. The Balaban J connectivity index is 2.02. The van der Waals surface area contributed by atoms with Crippen molar-refractivity contribution >= 4 is 11.5 Å². The molecule has 7 heteroatoms. The molecule has 7 nitrogen and oxygen atoms in total. The van der Waals surface area contributed by atoms with Gasteiger partial charge in [-0.05, 0) is 50.8 Å². The van der Waals surface area contributed by atoms with E-state index in [0.29, 0.717) is 18.0 Å². The summed E-state index contributed by atoms with van der Waals surface area (Å²) in [6.07, 6.45) is 9.20. The quantitative estimate of drug-likeness (QED) is 0.219. The first-order valence-corrected chi connectivity index (χ1v) is 14.5. The predicted molar refractivity (Wildman–Crippen MR) is 168 cm³/mol. The van der Waals surface area contributed by atoms with Crippen molar-refractivity contribution in [3.63, 3.8) is 0 Å². The number of hydrogen-bond donors (Lipinski definition) is 3. The molecule has 1 aromatic rings. The van der Waals surface area contributed by atoms with Crippen molar-refractivity contribution in [2.75, 3.05) is 39.4 Å². The Morgan fingerprint density at radius 3 is 2.50 bits per heavy atom. The molecule has 2 heterocycles. The Morgan fingerprint density at radius 2 is 1.90 bits per heavy atom. The first-order valence-electron chi connectivity index (χ1n) is 14.5. The van der Waals surface area contributed by atoms with Crippen molar-refractivity contribution in [2.45, 2.75) is 59.9 Å². The summed E-state index contributed by atoms with van der Waals surface area (Å²) >= 11 is 0. The Morgan fingerprint density at radius 1 is 1.20 bits per heavy atom. The molecule has 0 spiro atoms. The van der Waals surface area contributed by atoms with Gasteiger partial charge in [-0.15, -0.1) is 0 Å². The highest BCUT2D eigenvalue weighted by atomic mass is 16.5. The molecule has 216 valence electrons. The second-order valence-electron chi connectivity index (χ2n) is 10.4. The Bertz CT molecular complexity index is 1180. The van der Waals surface area contributed by atoms with E-state index in [1.807, 2.05) is 6.92 Å². The van der Waals surface area contributed by atoms with Crippen LogP contribution in [0.5, 0.6) is 0 Å². The largest absolute Gasteiger partial charge is 0.402 e. The number of allylic oxidation sites excluding steroid dienone is 7.